The van der Waals surface area contributed by atoms with Gasteiger partial charge in [0.25, 0.3) is 11.8 Å². The second kappa shape index (κ2) is 11.5. The van der Waals surface area contributed by atoms with Gasteiger partial charge in [-0.25, -0.2) is 4.39 Å². The zero-order chi connectivity index (χ0) is 24.9. The van der Waals surface area contributed by atoms with E-state index in [1.54, 1.807) is 18.2 Å². The molecule has 1 atom stereocenters. The van der Waals surface area contributed by atoms with Crippen molar-refractivity contribution in [2.45, 2.75) is 38.3 Å². The number of nitrogens with zero attached hydrogens (tertiary/aromatic N) is 2. The molecule has 8 nitrogen and oxygen atoms in total. The van der Waals surface area contributed by atoms with Crippen LogP contribution < -0.4 is 15.5 Å². The summed E-state index contributed by atoms with van der Waals surface area (Å²) in [7, 11) is 0. The summed E-state index contributed by atoms with van der Waals surface area (Å²) in [5.41, 5.74) is 0.433. The molecule has 4 rings (SSSR count). The van der Waals surface area contributed by atoms with Gasteiger partial charge in [0.2, 0.25) is 5.91 Å². The molecule has 1 aliphatic carbocycles. The SMILES string of the molecule is CCN(C1CCC1)[C@H](CNC(=O)c1ccc(Cl)s1)C(=O)Nc1ccc(N2CCOCC2=O)c(F)c1. The van der Waals surface area contributed by atoms with Gasteiger partial charge in [-0.05, 0) is 49.7 Å². The van der Waals surface area contributed by atoms with Gasteiger partial charge in [-0.15, -0.1) is 11.3 Å². The van der Waals surface area contributed by atoms with Gasteiger partial charge in [0.05, 0.1) is 21.5 Å². The Morgan fingerprint density at radius 2 is 2.11 bits per heavy atom. The zero-order valence-electron chi connectivity index (χ0n) is 19.4. The van der Waals surface area contributed by atoms with Crippen LogP contribution in [-0.4, -0.2) is 67.6 Å². The minimum Gasteiger partial charge on any atom is -0.370 e. The molecule has 0 bridgehead atoms. The highest BCUT2D eigenvalue weighted by Gasteiger charge is 2.34. The van der Waals surface area contributed by atoms with Gasteiger partial charge in [0.15, 0.2) is 0 Å². The molecule has 0 spiro atoms. The van der Waals surface area contributed by atoms with Gasteiger partial charge in [-0.3, -0.25) is 19.3 Å². The van der Waals surface area contributed by atoms with Gasteiger partial charge in [-0.1, -0.05) is 24.9 Å². The molecule has 188 valence electrons. The Kier molecular flexibility index (Phi) is 8.38. The smallest absolute Gasteiger partial charge is 0.261 e. The van der Waals surface area contributed by atoms with Gasteiger partial charge in [-0.2, -0.15) is 0 Å². The topological polar surface area (TPSA) is 91.0 Å². The number of carbonyl (C=O) groups is 3. The van der Waals surface area contributed by atoms with Crippen molar-refractivity contribution in [1.29, 1.82) is 0 Å². The standard InChI is InChI=1S/C24H28ClFN4O4S/c1-2-29(16-4-3-5-16)19(13-27-24(33)20-8-9-21(25)35-20)23(32)28-15-6-7-18(17(26)12-15)30-10-11-34-14-22(30)31/h6-9,12,16,19H,2-5,10-11,13-14H2,1H3,(H,27,33)(H,28,32)/t19-/m1/s1. The van der Waals surface area contributed by atoms with Gasteiger partial charge >= 0.3 is 0 Å². The van der Waals surface area contributed by atoms with E-state index < -0.39 is 11.9 Å². The molecule has 35 heavy (non-hydrogen) atoms. The van der Waals surface area contributed by atoms with E-state index >= 15 is 0 Å². The third kappa shape index (κ3) is 6.00. The van der Waals surface area contributed by atoms with Crippen LogP contribution in [0.25, 0.3) is 0 Å². The molecule has 2 heterocycles. The van der Waals surface area contributed by atoms with Crippen molar-refractivity contribution in [3.8, 4) is 0 Å². The van der Waals surface area contributed by atoms with E-state index in [0.717, 1.165) is 19.3 Å². The zero-order valence-corrected chi connectivity index (χ0v) is 21.0. The van der Waals surface area contributed by atoms with Crippen LogP contribution in [0.15, 0.2) is 30.3 Å². The summed E-state index contributed by atoms with van der Waals surface area (Å²) < 4.78 is 20.5. The molecular formula is C24H28ClFN4O4S. The molecule has 1 saturated carbocycles. The van der Waals surface area contributed by atoms with Gasteiger partial charge < -0.3 is 20.3 Å². The average Bonchev–Trinajstić information content (AvgIpc) is 3.24. The number of ether oxygens (including phenoxy) is 1. The summed E-state index contributed by atoms with van der Waals surface area (Å²) in [5, 5.41) is 5.64. The Labute approximate surface area is 212 Å². The number of thiophene rings is 1. The molecule has 2 fully saturated rings. The van der Waals surface area contributed by atoms with E-state index in [0.29, 0.717) is 22.4 Å². The number of carbonyl (C=O) groups excluding carboxylic acids is 3. The summed E-state index contributed by atoms with van der Waals surface area (Å²) in [6.07, 6.45) is 3.08. The number of benzene rings is 1. The van der Waals surface area contributed by atoms with Crippen molar-refractivity contribution in [2.75, 3.05) is 43.1 Å². The van der Waals surface area contributed by atoms with E-state index in [2.05, 4.69) is 15.5 Å². The van der Waals surface area contributed by atoms with Crippen molar-refractivity contribution in [2.24, 2.45) is 0 Å². The molecule has 2 N–H and O–H groups in total. The molecule has 1 saturated heterocycles. The van der Waals surface area contributed by atoms with Crippen molar-refractivity contribution in [1.82, 2.24) is 10.2 Å². The monoisotopic (exact) mass is 522 g/mol. The number of anilines is 2. The lowest BCUT2D eigenvalue weighted by atomic mass is 9.90. The molecule has 2 aromatic rings. The summed E-state index contributed by atoms with van der Waals surface area (Å²) in [4.78, 5) is 41.8. The highest BCUT2D eigenvalue weighted by Crippen LogP contribution is 2.28. The highest BCUT2D eigenvalue weighted by atomic mass is 35.5. The van der Waals surface area contributed by atoms with E-state index in [1.807, 2.05) is 6.92 Å². The lowest BCUT2D eigenvalue weighted by Gasteiger charge is -2.41. The molecule has 11 heteroatoms. The fourth-order valence-corrected chi connectivity index (χ4v) is 5.29. The fraction of sp³-hybridized carbons (Fsp3) is 0.458. The predicted octanol–water partition coefficient (Wildman–Crippen LogP) is 3.52. The summed E-state index contributed by atoms with van der Waals surface area (Å²) >= 11 is 7.11. The minimum atomic E-state index is -0.631. The Hall–Kier alpha value is -2.53. The number of hydrogen-bond acceptors (Lipinski definition) is 6. The second-order valence-electron chi connectivity index (χ2n) is 8.50. The summed E-state index contributed by atoms with van der Waals surface area (Å²) in [5.74, 6) is -1.55. The molecule has 1 aliphatic heterocycles. The Bertz CT molecular complexity index is 1090. The molecule has 1 aromatic heterocycles. The van der Waals surface area contributed by atoms with Crippen LogP contribution in [-0.2, 0) is 14.3 Å². The first-order valence-electron chi connectivity index (χ1n) is 11.6. The maximum absolute atomic E-state index is 14.9. The van der Waals surface area contributed by atoms with Crippen molar-refractivity contribution >= 4 is 52.0 Å². The van der Waals surface area contributed by atoms with Crippen LogP contribution in [0.2, 0.25) is 4.34 Å². The van der Waals surface area contributed by atoms with E-state index in [4.69, 9.17) is 16.3 Å². The van der Waals surface area contributed by atoms with E-state index in [1.165, 1.54) is 28.4 Å². The summed E-state index contributed by atoms with van der Waals surface area (Å²) in [6.45, 7) is 3.24. The van der Waals surface area contributed by atoms with Gasteiger partial charge in [0.1, 0.15) is 18.5 Å². The number of nitrogens with one attached hydrogen (secondary N) is 2. The maximum Gasteiger partial charge on any atom is 0.261 e. The van der Waals surface area contributed by atoms with Crippen LogP contribution in [0, 0.1) is 5.82 Å². The maximum atomic E-state index is 14.9. The normalized spacial score (nSPS) is 17.3. The van der Waals surface area contributed by atoms with E-state index in [9.17, 15) is 18.8 Å². The first kappa shape index (κ1) is 25.6. The first-order valence-corrected chi connectivity index (χ1v) is 12.8. The van der Waals surface area contributed by atoms with Crippen LogP contribution >= 0.6 is 22.9 Å². The lowest BCUT2D eigenvalue weighted by Crippen LogP contribution is -2.56. The van der Waals surface area contributed by atoms with Crippen LogP contribution in [0.4, 0.5) is 15.8 Å². The van der Waals surface area contributed by atoms with E-state index in [-0.39, 0.29) is 54.8 Å². The Morgan fingerprint density at radius 3 is 2.71 bits per heavy atom. The summed E-state index contributed by atoms with van der Waals surface area (Å²) in [6, 6.07) is 7.18. The van der Waals surface area contributed by atoms with Gasteiger partial charge in [0, 0.05) is 24.8 Å². The number of amides is 3. The highest BCUT2D eigenvalue weighted by molar-refractivity contribution is 7.18. The lowest BCUT2D eigenvalue weighted by molar-refractivity contribution is -0.126. The Morgan fingerprint density at radius 1 is 1.31 bits per heavy atom. The van der Waals surface area contributed by atoms with Crippen LogP contribution in [0.5, 0.6) is 0 Å². The number of likely N-dealkylation sites (N-methyl/N-ethyl adjacent to an activating group) is 1. The Balaban J connectivity index is 1.47. The largest absolute Gasteiger partial charge is 0.370 e. The number of halogens is 2. The molecule has 3 amide bonds. The fourth-order valence-electron chi connectivity index (χ4n) is 4.33. The van der Waals surface area contributed by atoms with Crippen molar-refractivity contribution in [3.63, 3.8) is 0 Å². The molecule has 0 radical (unpaired) electrons. The van der Waals surface area contributed by atoms with Crippen molar-refractivity contribution < 1.29 is 23.5 Å². The third-order valence-electron chi connectivity index (χ3n) is 6.36. The third-order valence-corrected chi connectivity index (χ3v) is 7.59. The van der Waals surface area contributed by atoms with Crippen LogP contribution in [0.3, 0.4) is 0 Å². The molecule has 1 aromatic carbocycles. The first-order chi connectivity index (χ1) is 16.9. The number of rotatable bonds is 9. The van der Waals surface area contributed by atoms with Crippen molar-refractivity contribution in [3.05, 3.63) is 45.4 Å². The minimum absolute atomic E-state index is 0.0863. The molecule has 0 unspecified atom stereocenters. The predicted molar refractivity (Wildman–Crippen MR) is 134 cm³/mol. The molecular weight excluding hydrogens is 495 g/mol. The average molecular weight is 523 g/mol. The van der Waals surface area contributed by atoms with Crippen LogP contribution in [0.1, 0.15) is 35.9 Å². The number of morpholine rings is 1. The quantitative estimate of drug-likeness (QED) is 0.526. The number of hydrogen-bond donors (Lipinski definition) is 2. The molecule has 2 aliphatic rings. The second-order valence-corrected chi connectivity index (χ2v) is 10.2.